The molecule has 0 unspecified atom stereocenters. The third-order valence-electron chi connectivity index (χ3n) is 4.46. The van der Waals surface area contributed by atoms with Gasteiger partial charge in [0.05, 0.1) is 9.92 Å². The number of benzene rings is 1. The smallest absolute Gasteiger partial charge is 0.243 e. The molecule has 1 aliphatic rings. The first-order valence-corrected chi connectivity index (χ1v) is 9.97. The van der Waals surface area contributed by atoms with E-state index in [-0.39, 0.29) is 21.9 Å². The van der Waals surface area contributed by atoms with Gasteiger partial charge in [0, 0.05) is 25.0 Å². The van der Waals surface area contributed by atoms with Crippen LogP contribution in [0, 0.1) is 5.82 Å². The van der Waals surface area contributed by atoms with E-state index < -0.39 is 15.8 Å². The Labute approximate surface area is 151 Å². The molecule has 0 amide bonds. The first kappa shape index (κ1) is 18.3. The Kier molecular flexibility index (Phi) is 5.13. The molecule has 2 heterocycles. The number of halogens is 2. The van der Waals surface area contributed by atoms with Gasteiger partial charge in [-0.15, -0.1) is 10.2 Å². The fourth-order valence-electron chi connectivity index (χ4n) is 3.09. The monoisotopic (exact) mass is 386 g/mol. The minimum absolute atomic E-state index is 0.0181. The Bertz CT molecular complexity index is 861. The fourth-order valence-corrected chi connectivity index (χ4v) is 4.84. The average molecular weight is 387 g/mol. The van der Waals surface area contributed by atoms with Gasteiger partial charge in [0.2, 0.25) is 10.0 Å². The first-order valence-electron chi connectivity index (χ1n) is 8.15. The predicted molar refractivity (Wildman–Crippen MR) is 92.6 cm³/mol. The number of piperidine rings is 1. The van der Waals surface area contributed by atoms with Crippen LogP contribution in [-0.4, -0.2) is 40.6 Å². The number of rotatable bonds is 4. The Morgan fingerprint density at radius 3 is 2.56 bits per heavy atom. The molecule has 1 aliphatic heterocycles. The lowest BCUT2D eigenvalue weighted by Crippen LogP contribution is -2.39. The molecule has 3 rings (SSSR count). The molecular weight excluding hydrogens is 367 g/mol. The van der Waals surface area contributed by atoms with Gasteiger partial charge in [0.25, 0.3) is 0 Å². The zero-order chi connectivity index (χ0) is 18.2. The number of hydrogen-bond acceptors (Lipinski definition) is 4. The van der Waals surface area contributed by atoms with E-state index in [1.54, 1.807) is 6.33 Å². The molecule has 0 bridgehead atoms. The van der Waals surface area contributed by atoms with Crippen LogP contribution in [-0.2, 0) is 10.0 Å². The molecule has 0 atom stereocenters. The maximum Gasteiger partial charge on any atom is 0.243 e. The van der Waals surface area contributed by atoms with Gasteiger partial charge >= 0.3 is 0 Å². The summed E-state index contributed by atoms with van der Waals surface area (Å²) >= 11 is 5.72. The molecular formula is C16H20ClFN4O2S. The van der Waals surface area contributed by atoms with Crippen molar-refractivity contribution in [1.82, 2.24) is 19.1 Å². The van der Waals surface area contributed by atoms with Crippen molar-refractivity contribution in [3.05, 3.63) is 41.2 Å². The molecule has 1 saturated heterocycles. The lowest BCUT2D eigenvalue weighted by atomic mass is 10.1. The maximum absolute atomic E-state index is 13.3. The Morgan fingerprint density at radius 2 is 1.96 bits per heavy atom. The fraction of sp³-hybridized carbons (Fsp3) is 0.500. The van der Waals surface area contributed by atoms with Crippen molar-refractivity contribution in [1.29, 1.82) is 0 Å². The van der Waals surface area contributed by atoms with Crippen LogP contribution in [0.1, 0.15) is 44.5 Å². The van der Waals surface area contributed by atoms with Crippen molar-refractivity contribution in [3.63, 3.8) is 0 Å². The van der Waals surface area contributed by atoms with Gasteiger partial charge in [-0.25, -0.2) is 12.8 Å². The highest BCUT2D eigenvalue weighted by Crippen LogP contribution is 2.30. The molecule has 1 aromatic heterocycles. The molecule has 0 N–H and O–H groups in total. The Balaban J connectivity index is 1.75. The van der Waals surface area contributed by atoms with Crippen LogP contribution in [0.4, 0.5) is 4.39 Å². The Morgan fingerprint density at radius 1 is 1.28 bits per heavy atom. The number of nitrogens with zero attached hydrogens (tertiary/aromatic N) is 4. The summed E-state index contributed by atoms with van der Waals surface area (Å²) in [5.74, 6) is 0.533. The third-order valence-corrected chi connectivity index (χ3v) is 6.65. The zero-order valence-corrected chi connectivity index (χ0v) is 15.6. The van der Waals surface area contributed by atoms with Crippen molar-refractivity contribution in [2.45, 2.75) is 43.5 Å². The summed E-state index contributed by atoms with van der Waals surface area (Å²) in [7, 11) is -3.68. The zero-order valence-electron chi connectivity index (χ0n) is 14.1. The van der Waals surface area contributed by atoms with Gasteiger partial charge in [-0.05, 0) is 31.0 Å². The molecule has 25 heavy (non-hydrogen) atoms. The van der Waals surface area contributed by atoms with Gasteiger partial charge < -0.3 is 4.57 Å². The van der Waals surface area contributed by atoms with Crippen molar-refractivity contribution < 1.29 is 12.8 Å². The van der Waals surface area contributed by atoms with E-state index in [9.17, 15) is 12.8 Å². The van der Waals surface area contributed by atoms with E-state index in [2.05, 4.69) is 24.0 Å². The number of hydrogen-bond donors (Lipinski definition) is 0. The second-order valence-corrected chi connectivity index (χ2v) is 8.81. The van der Waals surface area contributed by atoms with Crippen LogP contribution in [0.2, 0.25) is 5.02 Å². The van der Waals surface area contributed by atoms with E-state index in [1.165, 1.54) is 10.4 Å². The van der Waals surface area contributed by atoms with E-state index in [4.69, 9.17) is 11.6 Å². The summed E-state index contributed by atoms with van der Waals surface area (Å²) in [5, 5.41) is 7.95. The van der Waals surface area contributed by atoms with Crippen molar-refractivity contribution in [2.24, 2.45) is 0 Å². The lowest BCUT2D eigenvalue weighted by Gasteiger charge is -2.32. The van der Waals surface area contributed by atoms with E-state index in [1.807, 2.05) is 4.57 Å². The van der Waals surface area contributed by atoms with E-state index in [0.29, 0.717) is 25.9 Å². The molecule has 6 nitrogen and oxygen atoms in total. The number of sulfonamides is 1. The quantitative estimate of drug-likeness (QED) is 0.809. The first-order chi connectivity index (χ1) is 11.8. The second-order valence-electron chi connectivity index (χ2n) is 6.46. The molecule has 1 fully saturated rings. The van der Waals surface area contributed by atoms with Crippen LogP contribution < -0.4 is 0 Å². The summed E-state index contributed by atoms with van der Waals surface area (Å²) in [6, 6.07) is 3.66. The summed E-state index contributed by atoms with van der Waals surface area (Å²) in [6.45, 7) is 4.88. The standard InChI is InChI=1S/C16H20ClFN4O2S/c1-11(2)16-20-19-10-22(16)12-5-7-21(8-6-12)25(23,24)13-3-4-15(18)14(17)9-13/h3-4,9-12H,5-8H2,1-2H3. The lowest BCUT2D eigenvalue weighted by molar-refractivity contribution is 0.269. The Hall–Kier alpha value is -1.51. The van der Waals surface area contributed by atoms with Gasteiger partial charge in [0.15, 0.2) is 0 Å². The summed E-state index contributed by atoms with van der Waals surface area (Å²) in [5.41, 5.74) is 0. The second kappa shape index (κ2) is 7.01. The molecule has 0 radical (unpaired) electrons. The summed E-state index contributed by atoms with van der Waals surface area (Å²) < 4.78 is 42.2. The van der Waals surface area contributed by atoms with Crippen LogP contribution in [0.25, 0.3) is 0 Å². The van der Waals surface area contributed by atoms with Crippen molar-refractivity contribution >= 4 is 21.6 Å². The van der Waals surface area contributed by atoms with Crippen LogP contribution in [0.15, 0.2) is 29.4 Å². The summed E-state index contributed by atoms with van der Waals surface area (Å²) in [6.07, 6.45) is 3.06. The molecule has 0 spiro atoms. The minimum atomic E-state index is -3.68. The van der Waals surface area contributed by atoms with Gasteiger partial charge in [-0.2, -0.15) is 4.31 Å². The normalized spacial score (nSPS) is 17.3. The van der Waals surface area contributed by atoms with Crippen LogP contribution in [0.5, 0.6) is 0 Å². The molecule has 2 aromatic rings. The molecule has 0 aliphatic carbocycles. The third kappa shape index (κ3) is 3.56. The van der Waals surface area contributed by atoms with E-state index in [0.717, 1.165) is 18.0 Å². The van der Waals surface area contributed by atoms with Crippen molar-refractivity contribution in [3.8, 4) is 0 Å². The highest BCUT2D eigenvalue weighted by molar-refractivity contribution is 7.89. The molecule has 9 heteroatoms. The highest BCUT2D eigenvalue weighted by atomic mass is 35.5. The average Bonchev–Trinajstić information content (AvgIpc) is 3.07. The van der Waals surface area contributed by atoms with Gasteiger partial charge in [-0.1, -0.05) is 25.4 Å². The minimum Gasteiger partial charge on any atom is -0.314 e. The summed E-state index contributed by atoms with van der Waals surface area (Å²) in [4.78, 5) is 0.0181. The van der Waals surface area contributed by atoms with Crippen LogP contribution >= 0.6 is 11.6 Å². The van der Waals surface area contributed by atoms with Gasteiger partial charge in [0.1, 0.15) is 18.0 Å². The van der Waals surface area contributed by atoms with Crippen LogP contribution in [0.3, 0.4) is 0 Å². The van der Waals surface area contributed by atoms with Gasteiger partial charge in [-0.3, -0.25) is 0 Å². The highest BCUT2D eigenvalue weighted by Gasteiger charge is 2.31. The molecule has 136 valence electrons. The van der Waals surface area contributed by atoms with Crippen molar-refractivity contribution in [2.75, 3.05) is 13.1 Å². The topological polar surface area (TPSA) is 68.1 Å². The maximum atomic E-state index is 13.3. The SMILES string of the molecule is CC(C)c1nncn1C1CCN(S(=O)(=O)c2ccc(F)c(Cl)c2)CC1. The number of aromatic nitrogens is 3. The molecule has 1 aromatic carbocycles. The van der Waals surface area contributed by atoms with E-state index >= 15 is 0 Å². The molecule has 0 saturated carbocycles. The predicted octanol–water partition coefficient (Wildman–Crippen LogP) is 3.22. The largest absolute Gasteiger partial charge is 0.314 e.